The Morgan fingerprint density at radius 2 is 1.32 bits per heavy atom. The topological polar surface area (TPSA) is 87.1 Å². The highest BCUT2D eigenvalue weighted by Crippen LogP contribution is 2.21. The molecule has 0 aromatic heterocycles. The maximum absolute atomic E-state index is 13.5. The molecule has 41 heavy (non-hydrogen) atoms. The van der Waals surface area contributed by atoms with E-state index in [4.69, 9.17) is 9.84 Å². The van der Waals surface area contributed by atoms with E-state index < -0.39 is 11.8 Å². The van der Waals surface area contributed by atoms with E-state index in [0.29, 0.717) is 19.3 Å². The van der Waals surface area contributed by atoms with Crippen LogP contribution in [0.2, 0.25) is 0 Å². The molecule has 0 aliphatic heterocycles. The van der Waals surface area contributed by atoms with Crippen molar-refractivity contribution in [3.8, 4) is 0 Å². The largest absolute Gasteiger partial charge is 0.476 e. The van der Waals surface area contributed by atoms with Gasteiger partial charge in [-0.15, -0.1) is 0 Å². The first-order valence-electron chi connectivity index (χ1n) is 16.3. The van der Waals surface area contributed by atoms with Gasteiger partial charge in [0.25, 0.3) is 0 Å². The van der Waals surface area contributed by atoms with Gasteiger partial charge in [-0.1, -0.05) is 84.0 Å². The molecule has 0 aliphatic rings. The lowest BCUT2D eigenvalue weighted by atomic mass is 9.97. The van der Waals surface area contributed by atoms with Gasteiger partial charge < -0.3 is 19.6 Å². The number of ether oxygens (including phenoxy) is 1. The number of amides is 1. The molecule has 0 aromatic carbocycles. The number of unbranched alkanes of at least 4 members (excludes halogenated alkanes) is 13. The number of nitrogens with zero attached hydrogens (tertiary/aromatic N) is 2. The molecule has 1 unspecified atom stereocenters. The summed E-state index contributed by atoms with van der Waals surface area (Å²) in [6, 6.07) is 0.211. The molecule has 0 radical (unpaired) electrons. The molecule has 240 valence electrons. The van der Waals surface area contributed by atoms with Crippen LogP contribution in [-0.2, 0) is 19.1 Å². The molecule has 1 atom stereocenters. The minimum atomic E-state index is -1.51. The molecule has 0 heterocycles. The van der Waals surface area contributed by atoms with E-state index in [1.807, 2.05) is 14.1 Å². The molecule has 7 nitrogen and oxygen atoms in total. The summed E-state index contributed by atoms with van der Waals surface area (Å²) in [4.78, 5) is 39.7. The Bertz CT molecular complexity index is 714. The second kappa shape index (κ2) is 26.9. The van der Waals surface area contributed by atoms with Crippen LogP contribution >= 0.6 is 0 Å². The van der Waals surface area contributed by atoms with Gasteiger partial charge in [-0.2, -0.15) is 4.39 Å². The van der Waals surface area contributed by atoms with Crippen molar-refractivity contribution in [1.29, 1.82) is 0 Å². The number of allylic oxidation sites excluding steroid dienone is 1. The van der Waals surface area contributed by atoms with Crippen molar-refractivity contribution >= 4 is 17.8 Å². The summed E-state index contributed by atoms with van der Waals surface area (Å²) in [6.45, 7) is 3.89. The van der Waals surface area contributed by atoms with Crippen molar-refractivity contribution in [2.24, 2.45) is 0 Å². The molecule has 0 saturated carbocycles. The molecule has 0 bridgehead atoms. The van der Waals surface area contributed by atoms with Crippen LogP contribution in [0.15, 0.2) is 11.9 Å². The van der Waals surface area contributed by atoms with Crippen LogP contribution in [0.25, 0.3) is 0 Å². The average Bonchev–Trinajstić information content (AvgIpc) is 2.94. The average molecular weight is 585 g/mol. The Labute approximate surface area is 250 Å². The number of aliphatic carboxylic acids is 1. The number of methoxy groups -OCH3 is 1. The molecule has 0 fully saturated rings. The van der Waals surface area contributed by atoms with Crippen molar-refractivity contribution in [2.45, 2.75) is 148 Å². The highest BCUT2D eigenvalue weighted by Gasteiger charge is 2.22. The Morgan fingerprint density at radius 1 is 0.756 bits per heavy atom. The molecule has 1 N–H and O–H groups in total. The molecule has 0 rings (SSSR count). The Hall–Kier alpha value is -1.96. The van der Waals surface area contributed by atoms with Gasteiger partial charge in [0.2, 0.25) is 11.7 Å². The van der Waals surface area contributed by atoms with E-state index in [1.165, 1.54) is 45.6 Å². The lowest BCUT2D eigenvalue weighted by Gasteiger charge is -2.33. The van der Waals surface area contributed by atoms with Crippen molar-refractivity contribution in [3.05, 3.63) is 11.9 Å². The van der Waals surface area contributed by atoms with Crippen molar-refractivity contribution in [1.82, 2.24) is 9.80 Å². The molecular weight excluding hydrogens is 523 g/mol. The number of carbonyl (C=O) groups is 3. The Morgan fingerprint density at radius 3 is 1.90 bits per heavy atom. The number of hydrogen-bond acceptors (Lipinski definition) is 5. The summed E-state index contributed by atoms with van der Waals surface area (Å²) in [5.74, 6) is -2.50. The molecule has 0 spiro atoms. The lowest BCUT2D eigenvalue weighted by Crippen LogP contribution is -2.41. The fraction of sp³-hybridized carbons (Fsp3) is 0.848. The Kier molecular flexibility index (Phi) is 25.6. The predicted molar refractivity (Wildman–Crippen MR) is 166 cm³/mol. The minimum absolute atomic E-state index is 0.157. The first kappa shape index (κ1) is 39.0. The number of halogens is 1. The summed E-state index contributed by atoms with van der Waals surface area (Å²) in [5.41, 5.74) is 0. The van der Waals surface area contributed by atoms with E-state index in [-0.39, 0.29) is 17.9 Å². The van der Waals surface area contributed by atoms with Crippen molar-refractivity contribution in [3.63, 3.8) is 0 Å². The number of hydrogen-bond donors (Lipinski definition) is 1. The zero-order valence-electron chi connectivity index (χ0n) is 26.8. The van der Waals surface area contributed by atoms with E-state index in [2.05, 4.69) is 16.7 Å². The van der Waals surface area contributed by atoms with E-state index in [0.717, 1.165) is 96.2 Å². The third-order valence-electron chi connectivity index (χ3n) is 7.67. The SMILES string of the molecule is CCCCCCCCCC(CCCCCC=C(F)C(=O)O)N(CCCCCCCC(=O)OC)C(=O)CCCN(C)C. The maximum atomic E-state index is 13.5. The van der Waals surface area contributed by atoms with Crippen LogP contribution in [0.4, 0.5) is 4.39 Å². The van der Waals surface area contributed by atoms with E-state index in [1.54, 1.807) is 0 Å². The third-order valence-corrected chi connectivity index (χ3v) is 7.67. The molecule has 0 saturated heterocycles. The number of carbonyl (C=O) groups excluding carboxylic acids is 2. The minimum Gasteiger partial charge on any atom is -0.476 e. The highest BCUT2D eigenvalue weighted by molar-refractivity contribution is 5.83. The number of rotatable bonds is 28. The summed E-state index contributed by atoms with van der Waals surface area (Å²) in [6.07, 6.45) is 21.5. The molecular formula is C33H61FN2O5. The second-order valence-electron chi connectivity index (χ2n) is 11.6. The van der Waals surface area contributed by atoms with Gasteiger partial charge in [-0.3, -0.25) is 9.59 Å². The predicted octanol–water partition coefficient (Wildman–Crippen LogP) is 8.07. The van der Waals surface area contributed by atoms with Crippen molar-refractivity contribution in [2.75, 3.05) is 34.3 Å². The molecule has 1 amide bonds. The Balaban J connectivity index is 5.08. The fourth-order valence-corrected chi connectivity index (χ4v) is 5.20. The van der Waals surface area contributed by atoms with Crippen LogP contribution in [-0.4, -0.2) is 73.1 Å². The number of carboxylic acids is 1. The summed E-state index contributed by atoms with van der Waals surface area (Å²) >= 11 is 0. The quantitative estimate of drug-likeness (QED) is 0.0568. The third kappa shape index (κ3) is 23.3. The van der Waals surface area contributed by atoms with Crippen LogP contribution in [0.1, 0.15) is 142 Å². The van der Waals surface area contributed by atoms with Crippen molar-refractivity contribution < 1.29 is 28.6 Å². The van der Waals surface area contributed by atoms with E-state index >= 15 is 0 Å². The second-order valence-corrected chi connectivity index (χ2v) is 11.6. The summed E-state index contributed by atoms with van der Waals surface area (Å²) in [5, 5.41) is 8.69. The number of carboxylic acid groups (broad SMARTS) is 1. The standard InChI is InChI=1S/C33H61FN2O5/c1-5-6-7-8-9-11-16-22-29(23-17-13-14-18-24-30(34)33(39)40)36(31(37)25-21-27-35(2)3)28-20-15-10-12-19-26-32(38)41-4/h24,29H,5-23,25-28H2,1-4H3,(H,39,40). The fourth-order valence-electron chi connectivity index (χ4n) is 5.20. The van der Waals surface area contributed by atoms with Gasteiger partial charge in [0.15, 0.2) is 0 Å². The molecule has 8 heteroatoms. The molecule has 0 aliphatic carbocycles. The van der Waals surface area contributed by atoms with Gasteiger partial charge >= 0.3 is 11.9 Å². The van der Waals surface area contributed by atoms with Gasteiger partial charge in [0.05, 0.1) is 7.11 Å². The first-order chi connectivity index (χ1) is 19.7. The zero-order chi connectivity index (χ0) is 30.7. The van der Waals surface area contributed by atoms with Gasteiger partial charge in [-0.25, -0.2) is 4.79 Å². The number of esters is 1. The molecule has 0 aromatic rings. The van der Waals surface area contributed by atoms with Crippen LogP contribution in [0.5, 0.6) is 0 Å². The van der Waals surface area contributed by atoms with Crippen LogP contribution < -0.4 is 0 Å². The van der Waals surface area contributed by atoms with Crippen LogP contribution in [0, 0.1) is 0 Å². The van der Waals surface area contributed by atoms with Crippen LogP contribution in [0.3, 0.4) is 0 Å². The normalized spacial score (nSPS) is 12.5. The van der Waals surface area contributed by atoms with E-state index in [9.17, 15) is 18.8 Å². The summed E-state index contributed by atoms with van der Waals surface area (Å²) in [7, 11) is 5.48. The zero-order valence-corrected chi connectivity index (χ0v) is 26.8. The van der Waals surface area contributed by atoms with Gasteiger partial charge in [-0.05, 0) is 71.7 Å². The smallest absolute Gasteiger partial charge is 0.364 e. The first-order valence-corrected chi connectivity index (χ1v) is 16.3. The van der Waals surface area contributed by atoms with Gasteiger partial charge in [0, 0.05) is 25.4 Å². The summed E-state index contributed by atoms with van der Waals surface area (Å²) < 4.78 is 18.0. The lowest BCUT2D eigenvalue weighted by molar-refractivity contribution is -0.140. The maximum Gasteiger partial charge on any atom is 0.364 e. The highest BCUT2D eigenvalue weighted by atomic mass is 19.1. The monoisotopic (exact) mass is 584 g/mol. The van der Waals surface area contributed by atoms with Gasteiger partial charge in [0.1, 0.15) is 0 Å².